The quantitative estimate of drug-likeness (QED) is 0.573. The van der Waals surface area contributed by atoms with E-state index in [1.807, 2.05) is 36.4 Å². The van der Waals surface area contributed by atoms with Crippen molar-refractivity contribution in [3.63, 3.8) is 0 Å². The third kappa shape index (κ3) is 4.62. The highest BCUT2D eigenvalue weighted by Crippen LogP contribution is 2.07. The summed E-state index contributed by atoms with van der Waals surface area (Å²) in [5, 5.41) is 0.733. The predicted octanol–water partition coefficient (Wildman–Crippen LogP) is 4.12. The average Bonchev–Trinajstić information content (AvgIpc) is 2.43. The highest BCUT2D eigenvalue weighted by molar-refractivity contribution is 6.30. The van der Waals surface area contributed by atoms with Gasteiger partial charge in [0.15, 0.2) is 0 Å². The zero-order valence-electron chi connectivity index (χ0n) is 10.7. The molecule has 0 bridgehead atoms. The molecule has 0 aromatic heterocycles. The van der Waals surface area contributed by atoms with Crippen LogP contribution in [-0.2, 0) is 0 Å². The fourth-order valence-electron chi connectivity index (χ4n) is 1.52. The Kier molecular flexibility index (Phi) is 4.78. The lowest BCUT2D eigenvalue weighted by Gasteiger charge is -1.92. The monoisotopic (exact) mass is 267 g/mol. The molecule has 0 saturated carbocycles. The number of nitrogens with zero attached hydrogens (tertiary/aromatic N) is 1. The normalized spacial score (nSPS) is 10.2. The van der Waals surface area contributed by atoms with E-state index in [1.165, 1.54) is 5.56 Å². The van der Waals surface area contributed by atoms with Crippen molar-refractivity contribution < 1.29 is 0 Å². The van der Waals surface area contributed by atoms with Gasteiger partial charge in [-0.3, -0.25) is 4.99 Å². The van der Waals surface area contributed by atoms with Crippen LogP contribution in [0.15, 0.2) is 53.5 Å². The summed E-state index contributed by atoms with van der Waals surface area (Å²) in [7, 11) is 0. The van der Waals surface area contributed by atoms with Crippen molar-refractivity contribution in [2.45, 2.75) is 6.92 Å². The second-order valence-electron chi connectivity index (χ2n) is 4.19. The van der Waals surface area contributed by atoms with Crippen LogP contribution in [-0.4, -0.2) is 12.8 Å². The Bertz CT molecular complexity index is 613. The van der Waals surface area contributed by atoms with Gasteiger partial charge in [-0.2, -0.15) is 0 Å². The Labute approximate surface area is 119 Å². The molecule has 0 unspecified atom stereocenters. The summed E-state index contributed by atoms with van der Waals surface area (Å²) in [5.74, 6) is 6.11. The van der Waals surface area contributed by atoms with Gasteiger partial charge in [0, 0.05) is 16.8 Å². The summed E-state index contributed by atoms with van der Waals surface area (Å²) in [4.78, 5) is 4.26. The molecule has 0 fully saturated rings. The van der Waals surface area contributed by atoms with Crippen molar-refractivity contribution in [2.24, 2.45) is 4.99 Å². The van der Waals surface area contributed by atoms with Crippen molar-refractivity contribution in [3.05, 3.63) is 70.2 Å². The van der Waals surface area contributed by atoms with Gasteiger partial charge >= 0.3 is 0 Å². The molecule has 0 atom stereocenters. The molecule has 0 heterocycles. The van der Waals surface area contributed by atoms with Gasteiger partial charge < -0.3 is 0 Å². The van der Waals surface area contributed by atoms with E-state index in [-0.39, 0.29) is 0 Å². The number of rotatable bonds is 2. The Hall–Kier alpha value is -2.04. The molecular formula is C17H14ClN. The second kappa shape index (κ2) is 6.78. The lowest BCUT2D eigenvalue weighted by molar-refractivity contribution is 1.30. The first kappa shape index (κ1) is 13.4. The molecule has 1 nitrogen and oxygen atoms in total. The smallest absolute Gasteiger partial charge is 0.100 e. The SMILES string of the molecule is Cc1ccc(C#CCN=Cc2ccc(Cl)cc2)cc1. The topological polar surface area (TPSA) is 12.4 Å². The number of benzene rings is 2. The van der Waals surface area contributed by atoms with E-state index < -0.39 is 0 Å². The van der Waals surface area contributed by atoms with Gasteiger partial charge in [0.05, 0.1) is 0 Å². The van der Waals surface area contributed by atoms with Gasteiger partial charge in [0.25, 0.3) is 0 Å². The Morgan fingerprint density at radius 3 is 2.42 bits per heavy atom. The molecule has 2 rings (SSSR count). The van der Waals surface area contributed by atoms with Crippen LogP contribution in [0.3, 0.4) is 0 Å². The van der Waals surface area contributed by atoms with Crippen LogP contribution in [0.25, 0.3) is 0 Å². The molecule has 0 radical (unpaired) electrons. The van der Waals surface area contributed by atoms with Crippen molar-refractivity contribution in [1.82, 2.24) is 0 Å². The van der Waals surface area contributed by atoms with Crippen molar-refractivity contribution >= 4 is 17.8 Å². The summed E-state index contributed by atoms with van der Waals surface area (Å²) in [6.45, 7) is 2.56. The predicted molar refractivity (Wildman–Crippen MR) is 82.0 cm³/mol. The molecule has 2 heteroatoms. The minimum absolute atomic E-state index is 0.497. The lowest BCUT2D eigenvalue weighted by Crippen LogP contribution is -1.82. The van der Waals surface area contributed by atoms with Crippen LogP contribution in [0.2, 0.25) is 5.02 Å². The summed E-state index contributed by atoms with van der Waals surface area (Å²) in [5.41, 5.74) is 3.29. The van der Waals surface area contributed by atoms with Gasteiger partial charge in [-0.05, 0) is 36.8 Å². The lowest BCUT2D eigenvalue weighted by atomic mass is 10.2. The van der Waals surface area contributed by atoms with E-state index in [0.717, 1.165) is 16.1 Å². The van der Waals surface area contributed by atoms with Crippen molar-refractivity contribution in [2.75, 3.05) is 6.54 Å². The van der Waals surface area contributed by atoms with E-state index >= 15 is 0 Å². The van der Waals surface area contributed by atoms with Crippen molar-refractivity contribution in [3.8, 4) is 11.8 Å². The molecule has 19 heavy (non-hydrogen) atoms. The zero-order chi connectivity index (χ0) is 13.5. The molecule has 0 aliphatic carbocycles. The maximum atomic E-state index is 5.81. The van der Waals surface area contributed by atoms with Crippen LogP contribution in [0, 0.1) is 18.8 Å². The maximum Gasteiger partial charge on any atom is 0.100 e. The summed E-state index contributed by atoms with van der Waals surface area (Å²) in [6, 6.07) is 15.7. The van der Waals surface area contributed by atoms with E-state index in [0.29, 0.717) is 6.54 Å². The number of hydrogen-bond donors (Lipinski definition) is 0. The van der Waals surface area contributed by atoms with Crippen LogP contribution in [0.1, 0.15) is 16.7 Å². The fraction of sp³-hybridized carbons (Fsp3) is 0.118. The van der Waals surface area contributed by atoms with E-state index in [2.05, 4.69) is 35.9 Å². The van der Waals surface area contributed by atoms with Gasteiger partial charge in [0.1, 0.15) is 6.54 Å². The Morgan fingerprint density at radius 2 is 1.74 bits per heavy atom. The minimum Gasteiger partial charge on any atom is -0.280 e. The first-order valence-corrected chi connectivity index (χ1v) is 6.43. The summed E-state index contributed by atoms with van der Waals surface area (Å²) in [6.07, 6.45) is 1.81. The zero-order valence-corrected chi connectivity index (χ0v) is 11.5. The first-order chi connectivity index (χ1) is 9.24. The van der Waals surface area contributed by atoms with Crippen LogP contribution in [0.5, 0.6) is 0 Å². The minimum atomic E-state index is 0.497. The molecule has 2 aromatic rings. The molecule has 0 saturated heterocycles. The molecule has 0 N–H and O–H groups in total. The number of aryl methyl sites for hydroxylation is 1. The van der Waals surface area contributed by atoms with Crippen LogP contribution in [0.4, 0.5) is 0 Å². The van der Waals surface area contributed by atoms with Gasteiger partial charge in [-0.15, -0.1) is 0 Å². The highest BCUT2D eigenvalue weighted by atomic mass is 35.5. The van der Waals surface area contributed by atoms with E-state index in [1.54, 1.807) is 6.21 Å². The van der Waals surface area contributed by atoms with Gasteiger partial charge in [-0.1, -0.05) is 53.3 Å². The van der Waals surface area contributed by atoms with Gasteiger partial charge in [-0.25, -0.2) is 0 Å². The molecule has 2 aromatic carbocycles. The standard InChI is InChI=1S/C17H14ClN/c1-14-4-6-15(7-5-14)3-2-12-19-13-16-8-10-17(18)11-9-16/h4-11,13H,12H2,1H3. The Morgan fingerprint density at radius 1 is 1.05 bits per heavy atom. The molecule has 0 aliphatic heterocycles. The number of halogens is 1. The summed E-state index contributed by atoms with van der Waals surface area (Å²) < 4.78 is 0. The fourth-order valence-corrected chi connectivity index (χ4v) is 1.65. The molecule has 0 aliphatic rings. The summed E-state index contributed by atoms with van der Waals surface area (Å²) >= 11 is 5.81. The Balaban J connectivity index is 1.90. The van der Waals surface area contributed by atoms with E-state index in [9.17, 15) is 0 Å². The molecule has 0 amide bonds. The average molecular weight is 268 g/mol. The number of aliphatic imine (C=N–C) groups is 1. The second-order valence-corrected chi connectivity index (χ2v) is 4.63. The van der Waals surface area contributed by atoms with Gasteiger partial charge in [0.2, 0.25) is 0 Å². The largest absolute Gasteiger partial charge is 0.280 e. The third-order valence-corrected chi connectivity index (χ3v) is 2.82. The van der Waals surface area contributed by atoms with Crippen LogP contribution < -0.4 is 0 Å². The molecular weight excluding hydrogens is 254 g/mol. The highest BCUT2D eigenvalue weighted by Gasteiger charge is 1.87. The maximum absolute atomic E-state index is 5.81. The molecule has 94 valence electrons. The van der Waals surface area contributed by atoms with Crippen molar-refractivity contribution in [1.29, 1.82) is 0 Å². The first-order valence-electron chi connectivity index (χ1n) is 6.05. The molecule has 0 spiro atoms. The third-order valence-electron chi connectivity index (χ3n) is 2.57. The van der Waals surface area contributed by atoms with E-state index in [4.69, 9.17) is 11.6 Å². The number of hydrogen-bond acceptors (Lipinski definition) is 1. The van der Waals surface area contributed by atoms with Crippen LogP contribution >= 0.6 is 11.6 Å².